The number of esters is 1. The second kappa shape index (κ2) is 7.78. The Morgan fingerprint density at radius 2 is 1.65 bits per heavy atom. The zero-order valence-corrected chi connectivity index (χ0v) is 11.3. The summed E-state index contributed by atoms with van der Waals surface area (Å²) < 4.78 is 9.70. The highest BCUT2D eigenvalue weighted by Gasteiger charge is 2.15. The second-order valence-electron chi connectivity index (χ2n) is 3.59. The molecule has 0 saturated carbocycles. The minimum absolute atomic E-state index is 0.0824. The lowest BCUT2D eigenvalue weighted by Crippen LogP contribution is -2.45. The van der Waals surface area contributed by atoms with Gasteiger partial charge in [-0.1, -0.05) is 0 Å². The van der Waals surface area contributed by atoms with Gasteiger partial charge in [0.15, 0.2) is 0 Å². The van der Waals surface area contributed by atoms with Crippen LogP contribution in [0.3, 0.4) is 0 Å². The molecule has 0 atom stereocenters. The van der Waals surface area contributed by atoms with Crippen molar-refractivity contribution in [2.75, 3.05) is 13.2 Å². The van der Waals surface area contributed by atoms with Crippen molar-refractivity contribution in [1.82, 2.24) is 10.9 Å². The quantitative estimate of drug-likeness (QED) is 0.473. The van der Waals surface area contributed by atoms with Crippen LogP contribution in [-0.4, -0.2) is 31.0 Å². The Bertz CT molecular complexity index is 484. The van der Waals surface area contributed by atoms with Gasteiger partial charge in [-0.2, -0.15) is 0 Å². The maximum Gasteiger partial charge on any atom is 0.398 e. The number of carbonyl (C=O) groups excluding carboxylic acids is 3. The summed E-state index contributed by atoms with van der Waals surface area (Å²) in [6.07, 6.45) is 0. The van der Waals surface area contributed by atoms with Crippen molar-refractivity contribution in [3.63, 3.8) is 0 Å². The number of amides is 2. The third-order valence-corrected chi connectivity index (χ3v) is 2.18. The van der Waals surface area contributed by atoms with Crippen LogP contribution in [0.15, 0.2) is 24.3 Å². The van der Waals surface area contributed by atoms with Gasteiger partial charge in [-0.05, 0) is 38.1 Å². The van der Waals surface area contributed by atoms with Crippen LogP contribution in [0.25, 0.3) is 0 Å². The standard InChI is InChI=1S/C13H16N2O5/c1-3-19-10-7-5-9(6-8-10)11(16)14-15-12(17)13(18)20-4-2/h5-8H,3-4H2,1-2H3,(H,14,16)(H,15,17). The van der Waals surface area contributed by atoms with E-state index in [9.17, 15) is 14.4 Å². The van der Waals surface area contributed by atoms with Crippen molar-refractivity contribution in [3.05, 3.63) is 29.8 Å². The van der Waals surface area contributed by atoms with Gasteiger partial charge in [0.25, 0.3) is 5.91 Å². The van der Waals surface area contributed by atoms with Crippen molar-refractivity contribution in [2.24, 2.45) is 0 Å². The average Bonchev–Trinajstić information content (AvgIpc) is 2.45. The Morgan fingerprint density at radius 3 is 2.20 bits per heavy atom. The molecule has 0 saturated heterocycles. The van der Waals surface area contributed by atoms with E-state index in [1.165, 1.54) is 12.1 Å². The van der Waals surface area contributed by atoms with Crippen molar-refractivity contribution in [1.29, 1.82) is 0 Å². The lowest BCUT2D eigenvalue weighted by Gasteiger charge is -2.07. The minimum atomic E-state index is -1.06. The third-order valence-electron chi connectivity index (χ3n) is 2.18. The van der Waals surface area contributed by atoms with Gasteiger partial charge in [0.05, 0.1) is 13.2 Å². The van der Waals surface area contributed by atoms with E-state index in [0.29, 0.717) is 17.9 Å². The van der Waals surface area contributed by atoms with E-state index in [1.54, 1.807) is 19.1 Å². The Labute approximate surface area is 116 Å². The molecule has 108 valence electrons. The zero-order chi connectivity index (χ0) is 15.0. The molecule has 0 aliphatic carbocycles. The van der Waals surface area contributed by atoms with Crippen LogP contribution in [0.5, 0.6) is 5.75 Å². The average molecular weight is 280 g/mol. The molecule has 0 spiro atoms. The highest BCUT2D eigenvalue weighted by Crippen LogP contribution is 2.11. The Morgan fingerprint density at radius 1 is 1.00 bits per heavy atom. The molecule has 7 heteroatoms. The number of rotatable bonds is 4. The van der Waals surface area contributed by atoms with E-state index in [0.717, 1.165) is 0 Å². The van der Waals surface area contributed by atoms with Crippen LogP contribution < -0.4 is 15.6 Å². The van der Waals surface area contributed by atoms with Crippen LogP contribution in [0.1, 0.15) is 24.2 Å². The van der Waals surface area contributed by atoms with E-state index in [4.69, 9.17) is 4.74 Å². The van der Waals surface area contributed by atoms with E-state index >= 15 is 0 Å². The SMILES string of the molecule is CCOC(=O)C(=O)NNC(=O)c1ccc(OCC)cc1. The fraction of sp³-hybridized carbons (Fsp3) is 0.308. The van der Waals surface area contributed by atoms with Gasteiger partial charge in [0.2, 0.25) is 0 Å². The molecule has 0 bridgehead atoms. The zero-order valence-electron chi connectivity index (χ0n) is 11.3. The predicted molar refractivity (Wildman–Crippen MR) is 69.9 cm³/mol. The van der Waals surface area contributed by atoms with Crippen LogP contribution in [0.4, 0.5) is 0 Å². The normalized spacial score (nSPS) is 9.50. The topological polar surface area (TPSA) is 93.7 Å². The van der Waals surface area contributed by atoms with Gasteiger partial charge in [0.1, 0.15) is 5.75 Å². The summed E-state index contributed by atoms with van der Waals surface area (Å²) in [5.41, 5.74) is 4.39. The van der Waals surface area contributed by atoms with Crippen LogP contribution >= 0.6 is 0 Å². The van der Waals surface area contributed by atoms with Crippen LogP contribution in [0.2, 0.25) is 0 Å². The third kappa shape index (κ3) is 4.60. The van der Waals surface area contributed by atoms with Crippen molar-refractivity contribution < 1.29 is 23.9 Å². The highest BCUT2D eigenvalue weighted by atomic mass is 16.5. The molecule has 1 rings (SSSR count). The summed E-state index contributed by atoms with van der Waals surface area (Å²) in [5.74, 6) is -2.00. The minimum Gasteiger partial charge on any atom is -0.494 e. The smallest absolute Gasteiger partial charge is 0.398 e. The molecule has 0 aliphatic rings. The van der Waals surface area contributed by atoms with Gasteiger partial charge < -0.3 is 9.47 Å². The molecule has 2 amide bonds. The highest BCUT2D eigenvalue weighted by molar-refractivity contribution is 6.32. The second-order valence-corrected chi connectivity index (χ2v) is 3.59. The summed E-state index contributed by atoms with van der Waals surface area (Å²) >= 11 is 0. The van der Waals surface area contributed by atoms with Gasteiger partial charge in [-0.15, -0.1) is 0 Å². The number of hydrogen-bond donors (Lipinski definition) is 2. The van der Waals surface area contributed by atoms with Crippen LogP contribution in [-0.2, 0) is 14.3 Å². The van der Waals surface area contributed by atoms with E-state index in [1.807, 2.05) is 12.3 Å². The van der Waals surface area contributed by atoms with Gasteiger partial charge in [-0.3, -0.25) is 20.4 Å². The number of nitrogens with one attached hydrogen (secondary N) is 2. The molecular formula is C13H16N2O5. The lowest BCUT2D eigenvalue weighted by atomic mass is 10.2. The first-order valence-electron chi connectivity index (χ1n) is 6.08. The first kappa shape index (κ1) is 15.5. The summed E-state index contributed by atoms with van der Waals surface area (Å²) in [6.45, 7) is 4.04. The van der Waals surface area contributed by atoms with Gasteiger partial charge in [0, 0.05) is 5.56 Å². The van der Waals surface area contributed by atoms with E-state index in [2.05, 4.69) is 10.2 Å². The van der Waals surface area contributed by atoms with E-state index < -0.39 is 17.8 Å². The fourth-order valence-electron chi connectivity index (χ4n) is 1.30. The maximum atomic E-state index is 11.7. The number of benzene rings is 1. The van der Waals surface area contributed by atoms with Crippen LogP contribution in [0, 0.1) is 0 Å². The number of carbonyl (C=O) groups is 3. The Balaban J connectivity index is 2.50. The summed E-state index contributed by atoms with van der Waals surface area (Å²) in [6, 6.07) is 6.34. The first-order valence-corrected chi connectivity index (χ1v) is 6.08. The maximum absolute atomic E-state index is 11.7. The Hall–Kier alpha value is -2.57. The summed E-state index contributed by atoms with van der Waals surface area (Å²) in [7, 11) is 0. The molecule has 0 radical (unpaired) electrons. The van der Waals surface area contributed by atoms with Crippen molar-refractivity contribution >= 4 is 17.8 Å². The van der Waals surface area contributed by atoms with Crippen molar-refractivity contribution in [3.8, 4) is 5.75 Å². The molecule has 1 aromatic carbocycles. The number of ether oxygens (including phenoxy) is 2. The molecule has 0 heterocycles. The molecule has 7 nitrogen and oxygen atoms in total. The Kier molecular flexibility index (Phi) is 6.02. The molecule has 0 unspecified atom stereocenters. The van der Waals surface area contributed by atoms with Gasteiger partial charge in [-0.25, -0.2) is 4.79 Å². The molecule has 2 N–H and O–H groups in total. The fourth-order valence-corrected chi connectivity index (χ4v) is 1.30. The predicted octanol–water partition coefficient (Wildman–Crippen LogP) is 0.409. The largest absolute Gasteiger partial charge is 0.494 e. The van der Waals surface area contributed by atoms with Crippen molar-refractivity contribution in [2.45, 2.75) is 13.8 Å². The number of hydrazine groups is 1. The molecule has 0 fully saturated rings. The van der Waals surface area contributed by atoms with E-state index in [-0.39, 0.29) is 6.61 Å². The molecule has 0 aliphatic heterocycles. The van der Waals surface area contributed by atoms with Gasteiger partial charge >= 0.3 is 11.9 Å². The summed E-state index contributed by atoms with van der Waals surface area (Å²) in [5, 5.41) is 0. The summed E-state index contributed by atoms with van der Waals surface area (Å²) in [4.78, 5) is 33.9. The first-order chi connectivity index (χ1) is 9.58. The lowest BCUT2D eigenvalue weighted by molar-refractivity contribution is -0.154. The molecule has 0 aromatic heterocycles. The monoisotopic (exact) mass is 280 g/mol. The molecule has 20 heavy (non-hydrogen) atoms. The molecule has 1 aromatic rings. The number of hydrogen-bond acceptors (Lipinski definition) is 5. The molecular weight excluding hydrogens is 264 g/mol.